The van der Waals surface area contributed by atoms with Gasteiger partial charge in [-0.1, -0.05) is 29.9 Å². The Morgan fingerprint density at radius 3 is 3.08 bits per heavy atom. The van der Waals surface area contributed by atoms with Crippen LogP contribution in [0.1, 0.15) is 0 Å². The van der Waals surface area contributed by atoms with Gasteiger partial charge < -0.3 is 11.1 Å². The van der Waals surface area contributed by atoms with Crippen LogP contribution in [0, 0.1) is 0 Å². The van der Waals surface area contributed by atoms with Crippen molar-refractivity contribution in [1.82, 2.24) is 5.32 Å². The molecule has 3 N–H and O–H groups in total. The van der Waals surface area contributed by atoms with Crippen molar-refractivity contribution in [3.8, 4) is 0 Å². The summed E-state index contributed by atoms with van der Waals surface area (Å²) in [5.41, 5.74) is 6.38. The average Bonchev–Trinajstić information content (AvgIpc) is 2.33. The quantitative estimate of drug-likeness (QED) is 0.445. The number of thiocarbonyl (C=S) groups is 1. The molecular formula is C7H6ClN3S. The molecule has 0 fully saturated rings. The molecule has 0 amide bonds. The van der Waals surface area contributed by atoms with E-state index in [1.807, 2.05) is 12.2 Å². The highest BCUT2D eigenvalue weighted by atomic mass is 35.5. The molecule has 62 valence electrons. The number of fused-ring (bicyclic) bond motifs is 1. The summed E-state index contributed by atoms with van der Waals surface area (Å²) >= 11 is 10.9. The van der Waals surface area contributed by atoms with Gasteiger partial charge in [0.15, 0.2) is 5.96 Å². The molecule has 0 bridgehead atoms. The number of nitrogens with two attached hydrogens (primary N) is 1. The van der Waals surface area contributed by atoms with E-state index in [4.69, 9.17) is 29.6 Å². The molecular weight excluding hydrogens is 194 g/mol. The first-order valence-corrected chi connectivity index (χ1v) is 4.19. The van der Waals surface area contributed by atoms with Crippen LogP contribution in [0.2, 0.25) is 0 Å². The first-order chi connectivity index (χ1) is 5.68. The fourth-order valence-electron chi connectivity index (χ4n) is 1.19. The van der Waals surface area contributed by atoms with Crippen molar-refractivity contribution in [3.05, 3.63) is 22.9 Å². The van der Waals surface area contributed by atoms with Gasteiger partial charge in [-0.15, -0.1) is 0 Å². The summed E-state index contributed by atoms with van der Waals surface area (Å²) in [5.74, 6) is 0.319. The van der Waals surface area contributed by atoms with Crippen LogP contribution in [0.5, 0.6) is 0 Å². The van der Waals surface area contributed by atoms with E-state index >= 15 is 0 Å². The van der Waals surface area contributed by atoms with Crippen LogP contribution < -0.4 is 11.1 Å². The third kappa shape index (κ3) is 1.04. The SMILES string of the molecule is NC1=NC2C(=S)C=CC2=C(Cl)N1. The first-order valence-electron chi connectivity index (χ1n) is 3.40. The Morgan fingerprint density at radius 2 is 2.33 bits per heavy atom. The Balaban J connectivity index is 2.45. The number of nitrogens with one attached hydrogen (secondary N) is 1. The van der Waals surface area contributed by atoms with Gasteiger partial charge in [0, 0.05) is 10.4 Å². The first kappa shape index (κ1) is 7.76. The van der Waals surface area contributed by atoms with E-state index in [1.54, 1.807) is 0 Å². The lowest BCUT2D eigenvalue weighted by atomic mass is 10.1. The highest BCUT2D eigenvalue weighted by molar-refractivity contribution is 7.81. The topological polar surface area (TPSA) is 50.4 Å². The van der Waals surface area contributed by atoms with Crippen molar-refractivity contribution in [1.29, 1.82) is 0 Å². The summed E-state index contributed by atoms with van der Waals surface area (Å²) in [4.78, 5) is 4.87. The molecule has 1 unspecified atom stereocenters. The third-order valence-corrected chi connectivity index (χ3v) is 2.42. The summed E-state index contributed by atoms with van der Waals surface area (Å²) in [7, 11) is 0. The van der Waals surface area contributed by atoms with Gasteiger partial charge in [-0.25, -0.2) is 4.99 Å². The van der Waals surface area contributed by atoms with Gasteiger partial charge >= 0.3 is 0 Å². The molecule has 0 saturated heterocycles. The minimum Gasteiger partial charge on any atom is -0.370 e. The van der Waals surface area contributed by atoms with Gasteiger partial charge in [0.05, 0.1) is 0 Å². The molecule has 0 saturated carbocycles. The van der Waals surface area contributed by atoms with E-state index in [9.17, 15) is 0 Å². The molecule has 1 aliphatic carbocycles. The summed E-state index contributed by atoms with van der Waals surface area (Å²) in [6, 6.07) is -0.145. The van der Waals surface area contributed by atoms with E-state index < -0.39 is 0 Å². The fourth-order valence-corrected chi connectivity index (χ4v) is 1.70. The molecule has 0 aromatic rings. The second kappa shape index (κ2) is 2.57. The Hall–Kier alpha value is -0.870. The Morgan fingerprint density at radius 1 is 1.58 bits per heavy atom. The van der Waals surface area contributed by atoms with Crippen LogP contribution in [-0.2, 0) is 0 Å². The van der Waals surface area contributed by atoms with E-state index in [-0.39, 0.29) is 6.04 Å². The molecule has 1 aliphatic heterocycles. The van der Waals surface area contributed by atoms with E-state index in [1.165, 1.54) is 0 Å². The fraction of sp³-hybridized carbons (Fsp3) is 0.143. The van der Waals surface area contributed by atoms with Crippen LogP contribution in [0.4, 0.5) is 0 Å². The number of hydrogen-bond acceptors (Lipinski definition) is 4. The summed E-state index contributed by atoms with van der Waals surface area (Å²) in [5, 5.41) is 3.25. The van der Waals surface area contributed by atoms with Crippen LogP contribution in [-0.4, -0.2) is 16.9 Å². The predicted octanol–water partition coefficient (Wildman–Crippen LogP) is 0.663. The third-order valence-electron chi connectivity index (χ3n) is 1.75. The molecule has 0 radical (unpaired) electrons. The van der Waals surface area contributed by atoms with Gasteiger partial charge in [0.2, 0.25) is 0 Å². The molecule has 3 nitrogen and oxygen atoms in total. The molecule has 0 spiro atoms. The standard InChI is InChI=1S/C7H6ClN3S/c8-6-3-1-2-4(12)5(3)10-7(9)11-6/h1-2,5H,(H3,9,10,11). The van der Waals surface area contributed by atoms with Crippen molar-refractivity contribution >= 4 is 34.6 Å². The maximum Gasteiger partial charge on any atom is 0.194 e. The minimum atomic E-state index is -0.145. The zero-order chi connectivity index (χ0) is 8.72. The maximum absolute atomic E-state index is 5.87. The lowest BCUT2D eigenvalue weighted by Crippen LogP contribution is -2.37. The molecule has 5 heteroatoms. The number of nitrogens with zero attached hydrogens (tertiary/aromatic N) is 1. The highest BCUT2D eigenvalue weighted by Gasteiger charge is 2.27. The summed E-state index contributed by atoms with van der Waals surface area (Å²) in [6.07, 6.45) is 3.68. The van der Waals surface area contributed by atoms with Gasteiger partial charge in [-0.3, -0.25) is 0 Å². The van der Waals surface area contributed by atoms with Crippen LogP contribution in [0.3, 0.4) is 0 Å². The molecule has 1 heterocycles. The number of hydrogen-bond donors (Lipinski definition) is 2. The van der Waals surface area contributed by atoms with Crippen molar-refractivity contribution < 1.29 is 0 Å². The van der Waals surface area contributed by atoms with Gasteiger partial charge in [-0.2, -0.15) is 0 Å². The molecule has 0 aromatic carbocycles. The zero-order valence-corrected chi connectivity index (χ0v) is 7.62. The summed E-state index contributed by atoms with van der Waals surface area (Å²) in [6.45, 7) is 0. The molecule has 0 aromatic heterocycles. The van der Waals surface area contributed by atoms with Gasteiger partial charge in [0.25, 0.3) is 0 Å². The van der Waals surface area contributed by atoms with E-state index in [0.717, 1.165) is 10.4 Å². The normalized spacial score (nSPS) is 26.9. The van der Waals surface area contributed by atoms with Crippen molar-refractivity contribution in [2.24, 2.45) is 10.7 Å². The van der Waals surface area contributed by atoms with Gasteiger partial charge in [-0.05, 0) is 6.08 Å². The second-order valence-electron chi connectivity index (χ2n) is 2.55. The molecule has 1 atom stereocenters. The van der Waals surface area contributed by atoms with Crippen molar-refractivity contribution in [2.45, 2.75) is 6.04 Å². The number of rotatable bonds is 0. The number of guanidine groups is 1. The van der Waals surface area contributed by atoms with E-state index in [0.29, 0.717) is 11.1 Å². The van der Waals surface area contributed by atoms with E-state index in [2.05, 4.69) is 10.3 Å². The largest absolute Gasteiger partial charge is 0.370 e. The predicted molar refractivity (Wildman–Crippen MR) is 53.2 cm³/mol. The Labute approximate surface area is 80.0 Å². The van der Waals surface area contributed by atoms with Crippen LogP contribution in [0.15, 0.2) is 27.9 Å². The van der Waals surface area contributed by atoms with Gasteiger partial charge in [0.1, 0.15) is 11.2 Å². The lowest BCUT2D eigenvalue weighted by molar-refractivity contribution is 0.958. The van der Waals surface area contributed by atoms with Crippen LogP contribution in [0.25, 0.3) is 0 Å². The molecule has 2 aliphatic rings. The Bertz CT molecular complexity index is 343. The second-order valence-corrected chi connectivity index (χ2v) is 3.40. The maximum atomic E-state index is 5.87. The monoisotopic (exact) mass is 199 g/mol. The van der Waals surface area contributed by atoms with Crippen LogP contribution >= 0.6 is 23.8 Å². The van der Waals surface area contributed by atoms with Crippen molar-refractivity contribution in [3.63, 3.8) is 0 Å². The zero-order valence-electron chi connectivity index (χ0n) is 6.04. The molecule has 2 rings (SSSR count). The molecule has 12 heavy (non-hydrogen) atoms. The highest BCUT2D eigenvalue weighted by Crippen LogP contribution is 2.25. The summed E-state index contributed by atoms with van der Waals surface area (Å²) < 4.78 is 0. The average molecular weight is 200 g/mol. The number of aliphatic imine (C=N–C) groups is 1. The smallest absolute Gasteiger partial charge is 0.194 e. The van der Waals surface area contributed by atoms with Crippen molar-refractivity contribution in [2.75, 3.05) is 0 Å². The number of halogens is 1. The minimum absolute atomic E-state index is 0.145. The Kier molecular flexibility index (Phi) is 1.66. The lowest BCUT2D eigenvalue weighted by Gasteiger charge is -2.17.